The number of nitrogens with zero attached hydrogens (tertiary/aromatic N) is 1. The van der Waals surface area contributed by atoms with Crippen LogP contribution in [0, 0.1) is 17.3 Å². The first-order valence-electron chi connectivity index (χ1n) is 6.76. The zero-order valence-electron chi connectivity index (χ0n) is 13.1. The summed E-state index contributed by atoms with van der Waals surface area (Å²) >= 11 is 0. The Labute approximate surface area is 146 Å². The smallest absolute Gasteiger partial charge is 0.444 e. The molecule has 1 aliphatic carbocycles. The van der Waals surface area contributed by atoms with Gasteiger partial charge in [0.1, 0.15) is 5.60 Å². The third kappa shape index (κ3) is 4.15. The van der Waals surface area contributed by atoms with Crippen LogP contribution in [-0.2, 0) is 4.74 Å². The van der Waals surface area contributed by atoms with Gasteiger partial charge in [0.05, 0.1) is 6.10 Å². The summed E-state index contributed by atoms with van der Waals surface area (Å²) in [7, 11) is 0. The zero-order valence-corrected chi connectivity index (χ0v) is 15.1. The van der Waals surface area contributed by atoms with Crippen molar-refractivity contribution in [3.8, 4) is 0 Å². The normalized spacial score (nSPS) is 31.1. The molecule has 0 bridgehead atoms. The van der Waals surface area contributed by atoms with E-state index in [9.17, 15) is 9.90 Å². The summed E-state index contributed by atoms with van der Waals surface area (Å²) in [5.41, 5.74) is -0.470. The monoisotopic (exact) mass is 293 g/mol. The van der Waals surface area contributed by atoms with Crippen molar-refractivity contribution in [2.45, 2.75) is 52.7 Å². The zero-order chi connectivity index (χ0) is 13.7. The van der Waals surface area contributed by atoms with Crippen molar-refractivity contribution < 1.29 is 44.2 Å². The molecular formula is C14H29BNNaO3. The molecule has 2 aliphatic rings. The van der Waals surface area contributed by atoms with Crippen LogP contribution >= 0.6 is 0 Å². The van der Waals surface area contributed by atoms with Crippen LogP contribution in [-0.4, -0.2) is 49.3 Å². The number of aliphatic hydroxyl groups excluding tert-OH is 1. The molecule has 6 heteroatoms. The van der Waals surface area contributed by atoms with E-state index in [4.69, 9.17) is 4.74 Å². The summed E-state index contributed by atoms with van der Waals surface area (Å²) in [6, 6.07) is 0. The standard InChI is InChI=1S/C14H25NO3.BH4.Na/c1-13(2,3)18-12(17)15-7-9-6-14(4,5)11(16)10(9)8-15;;/h9-11,16H,6-8H2,1-5H3;1H4;/q;-1;+1/t9-,10+,11-;;/m0../s1. The van der Waals surface area contributed by atoms with Gasteiger partial charge in [0.2, 0.25) is 0 Å². The van der Waals surface area contributed by atoms with Crippen LogP contribution in [0.1, 0.15) is 41.0 Å². The topological polar surface area (TPSA) is 49.8 Å². The summed E-state index contributed by atoms with van der Waals surface area (Å²) in [5, 5.41) is 10.3. The predicted molar refractivity (Wildman–Crippen MR) is 80.5 cm³/mol. The minimum absolute atomic E-state index is 0. The van der Waals surface area contributed by atoms with E-state index in [0.29, 0.717) is 12.5 Å². The van der Waals surface area contributed by atoms with Crippen molar-refractivity contribution in [1.82, 2.24) is 4.90 Å². The van der Waals surface area contributed by atoms with Crippen LogP contribution in [0.25, 0.3) is 0 Å². The number of amides is 1. The molecule has 0 aromatic carbocycles. The Morgan fingerprint density at radius 1 is 1.30 bits per heavy atom. The molecule has 0 spiro atoms. The van der Waals surface area contributed by atoms with Gasteiger partial charge in [0, 0.05) is 19.0 Å². The van der Waals surface area contributed by atoms with E-state index in [1.165, 1.54) is 0 Å². The summed E-state index contributed by atoms with van der Waals surface area (Å²) in [6.45, 7) is 11.2. The van der Waals surface area contributed by atoms with Crippen molar-refractivity contribution in [3.05, 3.63) is 0 Å². The molecule has 4 nitrogen and oxygen atoms in total. The van der Waals surface area contributed by atoms with Crippen LogP contribution in [0.4, 0.5) is 4.79 Å². The van der Waals surface area contributed by atoms with Crippen molar-refractivity contribution in [1.29, 1.82) is 0 Å². The van der Waals surface area contributed by atoms with Crippen LogP contribution in [0.5, 0.6) is 0 Å². The summed E-state index contributed by atoms with van der Waals surface area (Å²) in [6.07, 6.45) is 0.426. The van der Waals surface area contributed by atoms with Crippen molar-refractivity contribution >= 4 is 14.5 Å². The molecule has 1 heterocycles. The van der Waals surface area contributed by atoms with Crippen LogP contribution < -0.4 is 29.6 Å². The number of ether oxygens (including phenoxy) is 1. The molecule has 0 aromatic rings. The van der Waals surface area contributed by atoms with Crippen molar-refractivity contribution in [3.63, 3.8) is 0 Å². The summed E-state index contributed by atoms with van der Waals surface area (Å²) in [4.78, 5) is 13.7. The molecule has 112 valence electrons. The maximum atomic E-state index is 12.0. The fraction of sp³-hybridized carbons (Fsp3) is 0.929. The Kier molecular flexibility index (Phi) is 6.69. The minimum atomic E-state index is -0.452. The van der Waals surface area contributed by atoms with E-state index >= 15 is 0 Å². The Hall–Kier alpha value is 0.295. The molecule has 0 unspecified atom stereocenters. The van der Waals surface area contributed by atoms with Crippen LogP contribution in [0.15, 0.2) is 0 Å². The van der Waals surface area contributed by atoms with E-state index < -0.39 is 5.60 Å². The van der Waals surface area contributed by atoms with E-state index in [1.54, 1.807) is 4.90 Å². The van der Waals surface area contributed by atoms with Gasteiger partial charge < -0.3 is 14.7 Å². The van der Waals surface area contributed by atoms with E-state index in [0.717, 1.165) is 13.0 Å². The van der Waals surface area contributed by atoms with Gasteiger partial charge in [-0.25, -0.2) is 4.79 Å². The Morgan fingerprint density at radius 2 is 1.85 bits per heavy atom. The van der Waals surface area contributed by atoms with Gasteiger partial charge in [-0.2, -0.15) is 0 Å². The molecular weight excluding hydrogens is 264 g/mol. The molecule has 2 fully saturated rings. The molecule has 20 heavy (non-hydrogen) atoms. The second-order valence-corrected chi connectivity index (χ2v) is 7.45. The van der Waals surface area contributed by atoms with Gasteiger partial charge in [-0.05, 0) is 38.5 Å². The Balaban J connectivity index is 0.00000180. The molecule has 1 amide bonds. The van der Waals surface area contributed by atoms with Gasteiger partial charge in [-0.3, -0.25) is 0 Å². The third-order valence-electron chi connectivity index (χ3n) is 4.14. The van der Waals surface area contributed by atoms with Crippen molar-refractivity contribution in [2.75, 3.05) is 13.1 Å². The molecule has 0 aromatic heterocycles. The SMILES string of the molecule is CC(C)(C)OC(=O)N1C[C@@H]2CC(C)(C)[C@@H](O)[C@@H]2C1.[BH4-].[Na+]. The fourth-order valence-electron chi connectivity index (χ4n) is 3.32. The van der Waals surface area contributed by atoms with Crippen LogP contribution in [0.2, 0.25) is 0 Å². The third-order valence-corrected chi connectivity index (χ3v) is 4.14. The molecule has 1 saturated carbocycles. The largest absolute Gasteiger partial charge is 1.00 e. The van der Waals surface area contributed by atoms with Gasteiger partial charge in [0.25, 0.3) is 0 Å². The number of aliphatic hydroxyl groups is 1. The first kappa shape index (κ1) is 20.3. The molecule has 1 aliphatic heterocycles. The first-order valence-corrected chi connectivity index (χ1v) is 6.76. The molecule has 2 rings (SSSR count). The molecule has 0 radical (unpaired) electrons. The van der Waals surface area contributed by atoms with Gasteiger partial charge >= 0.3 is 35.7 Å². The number of likely N-dealkylation sites (tertiary alicyclic amines) is 1. The summed E-state index contributed by atoms with van der Waals surface area (Å²) < 4.78 is 5.38. The van der Waals surface area contributed by atoms with Gasteiger partial charge in [0.15, 0.2) is 0 Å². The van der Waals surface area contributed by atoms with E-state index in [1.807, 2.05) is 20.8 Å². The summed E-state index contributed by atoms with van der Waals surface area (Å²) in [5.74, 6) is 0.634. The van der Waals surface area contributed by atoms with E-state index in [2.05, 4.69) is 13.8 Å². The number of rotatable bonds is 0. The predicted octanol–water partition coefficient (Wildman–Crippen LogP) is -2.19. The van der Waals surface area contributed by atoms with Gasteiger partial charge in [-0.15, -0.1) is 0 Å². The number of carbonyl (C=O) groups excluding carboxylic acids is 1. The number of hydrogen-bond donors (Lipinski definition) is 1. The maximum absolute atomic E-state index is 12.0. The average molecular weight is 293 g/mol. The van der Waals surface area contributed by atoms with E-state index in [-0.39, 0.29) is 61.5 Å². The second kappa shape index (κ2) is 6.59. The molecule has 1 N–H and O–H groups in total. The minimum Gasteiger partial charge on any atom is -0.444 e. The maximum Gasteiger partial charge on any atom is 1.00 e. The van der Waals surface area contributed by atoms with Crippen LogP contribution in [0.3, 0.4) is 0 Å². The van der Waals surface area contributed by atoms with Gasteiger partial charge in [-0.1, -0.05) is 22.3 Å². The molecule has 1 saturated heterocycles. The average Bonchev–Trinajstić information content (AvgIpc) is 2.64. The Morgan fingerprint density at radius 3 is 2.30 bits per heavy atom. The quantitative estimate of drug-likeness (QED) is 0.516. The van der Waals surface area contributed by atoms with Crippen molar-refractivity contribution in [2.24, 2.45) is 17.3 Å². The Bertz CT molecular complexity index is 357. The fourth-order valence-corrected chi connectivity index (χ4v) is 3.32. The number of fused-ring (bicyclic) bond motifs is 1. The second-order valence-electron chi connectivity index (χ2n) is 7.45. The molecule has 3 atom stereocenters. The number of hydrogen-bond acceptors (Lipinski definition) is 3. The first-order chi connectivity index (χ1) is 8.10. The number of carbonyl (C=O) groups is 1.